The number of rotatable bonds is 1. The lowest BCUT2D eigenvalue weighted by atomic mass is 9.92. The second-order valence-electron chi connectivity index (χ2n) is 5.06. The van der Waals surface area contributed by atoms with Crippen LogP contribution in [0.25, 0.3) is 0 Å². The van der Waals surface area contributed by atoms with E-state index in [2.05, 4.69) is 28.6 Å². The van der Waals surface area contributed by atoms with Crippen LogP contribution in [0.1, 0.15) is 36.2 Å². The summed E-state index contributed by atoms with van der Waals surface area (Å²) in [5, 5.41) is 5.80. The van der Waals surface area contributed by atoms with Crippen molar-refractivity contribution in [3.05, 3.63) is 21.9 Å². The average molecular weight is 236 g/mol. The summed E-state index contributed by atoms with van der Waals surface area (Å²) in [4.78, 5) is 4.33. The molecule has 2 aliphatic rings. The molecule has 3 heteroatoms. The van der Waals surface area contributed by atoms with Gasteiger partial charge in [-0.1, -0.05) is 0 Å². The normalized spacial score (nSPS) is 31.3. The van der Waals surface area contributed by atoms with E-state index in [9.17, 15) is 0 Å². The van der Waals surface area contributed by atoms with Crippen molar-refractivity contribution in [3.8, 4) is 0 Å². The Morgan fingerprint density at radius 1 is 1.50 bits per heavy atom. The van der Waals surface area contributed by atoms with Crippen molar-refractivity contribution in [2.75, 3.05) is 19.6 Å². The van der Waals surface area contributed by atoms with Crippen molar-refractivity contribution in [2.45, 2.75) is 38.3 Å². The third-order valence-electron chi connectivity index (χ3n) is 3.86. The number of thiophene rings is 1. The van der Waals surface area contributed by atoms with Crippen LogP contribution in [0.5, 0.6) is 0 Å². The van der Waals surface area contributed by atoms with Gasteiger partial charge in [0, 0.05) is 36.6 Å². The first-order valence-electron chi connectivity index (χ1n) is 6.38. The highest BCUT2D eigenvalue weighted by Crippen LogP contribution is 2.37. The third-order valence-corrected chi connectivity index (χ3v) is 4.86. The van der Waals surface area contributed by atoms with E-state index >= 15 is 0 Å². The highest BCUT2D eigenvalue weighted by Gasteiger charge is 2.28. The Labute approximate surface area is 102 Å². The number of nitrogens with one attached hydrogen (secondary N) is 1. The van der Waals surface area contributed by atoms with Crippen molar-refractivity contribution >= 4 is 11.3 Å². The number of nitrogens with zero attached hydrogens (tertiary/aromatic N) is 1. The molecule has 3 rings (SSSR count). The van der Waals surface area contributed by atoms with Crippen LogP contribution >= 0.6 is 11.3 Å². The Balaban J connectivity index is 1.81. The van der Waals surface area contributed by atoms with Gasteiger partial charge in [0.25, 0.3) is 0 Å². The Morgan fingerprint density at radius 3 is 3.31 bits per heavy atom. The number of hydrogen-bond acceptors (Lipinski definition) is 3. The van der Waals surface area contributed by atoms with Gasteiger partial charge < -0.3 is 5.32 Å². The molecule has 2 heterocycles. The monoisotopic (exact) mass is 236 g/mol. The van der Waals surface area contributed by atoms with Crippen LogP contribution in [0.15, 0.2) is 11.4 Å². The third kappa shape index (κ3) is 1.92. The molecule has 2 nitrogen and oxygen atoms in total. The summed E-state index contributed by atoms with van der Waals surface area (Å²) < 4.78 is 0. The summed E-state index contributed by atoms with van der Waals surface area (Å²) >= 11 is 1.95. The van der Waals surface area contributed by atoms with Crippen LogP contribution < -0.4 is 5.32 Å². The van der Waals surface area contributed by atoms with Gasteiger partial charge in [0.05, 0.1) is 0 Å². The quantitative estimate of drug-likeness (QED) is 0.805. The highest BCUT2D eigenvalue weighted by atomic mass is 32.1. The Kier molecular flexibility index (Phi) is 3.01. The standard InChI is InChI=1S/C13H20N2S/c1-10-9-15(7-6-14-10)12-3-2-4-13-11(12)5-8-16-13/h5,8,10,12,14H,2-4,6-7,9H2,1H3. The van der Waals surface area contributed by atoms with Gasteiger partial charge in [-0.2, -0.15) is 0 Å². The molecule has 0 saturated carbocycles. The number of aryl methyl sites for hydroxylation is 1. The fourth-order valence-electron chi connectivity index (χ4n) is 3.09. The van der Waals surface area contributed by atoms with Crippen LogP contribution in [0.2, 0.25) is 0 Å². The van der Waals surface area contributed by atoms with Gasteiger partial charge in [-0.15, -0.1) is 11.3 Å². The SMILES string of the molecule is CC1CN(C2CCCc3sccc32)CCN1. The molecule has 1 fully saturated rings. The lowest BCUT2D eigenvalue weighted by molar-refractivity contribution is 0.136. The van der Waals surface area contributed by atoms with Gasteiger partial charge in [0.1, 0.15) is 0 Å². The van der Waals surface area contributed by atoms with E-state index in [1.54, 1.807) is 10.4 Å². The van der Waals surface area contributed by atoms with Gasteiger partial charge in [-0.05, 0) is 43.2 Å². The second-order valence-corrected chi connectivity index (χ2v) is 6.06. The molecule has 1 saturated heterocycles. The summed E-state index contributed by atoms with van der Waals surface area (Å²) in [7, 11) is 0. The molecule has 2 unspecified atom stereocenters. The molecule has 2 atom stereocenters. The molecule has 1 aromatic heterocycles. The highest BCUT2D eigenvalue weighted by molar-refractivity contribution is 7.10. The zero-order valence-electron chi connectivity index (χ0n) is 9.91. The Hall–Kier alpha value is -0.380. The van der Waals surface area contributed by atoms with Gasteiger partial charge in [-0.25, -0.2) is 0 Å². The summed E-state index contributed by atoms with van der Waals surface area (Å²) in [6, 6.07) is 3.72. The van der Waals surface area contributed by atoms with Gasteiger partial charge in [0.15, 0.2) is 0 Å². The molecule has 1 aromatic rings. The molecule has 1 aliphatic heterocycles. The maximum absolute atomic E-state index is 3.53. The van der Waals surface area contributed by atoms with E-state index < -0.39 is 0 Å². The smallest absolute Gasteiger partial charge is 0.0360 e. The van der Waals surface area contributed by atoms with Crippen molar-refractivity contribution in [1.82, 2.24) is 10.2 Å². The van der Waals surface area contributed by atoms with Crippen LogP contribution in [-0.2, 0) is 6.42 Å². The fraction of sp³-hybridized carbons (Fsp3) is 0.692. The van der Waals surface area contributed by atoms with Crippen molar-refractivity contribution < 1.29 is 0 Å². The maximum atomic E-state index is 3.53. The van der Waals surface area contributed by atoms with Crippen molar-refractivity contribution in [3.63, 3.8) is 0 Å². The topological polar surface area (TPSA) is 15.3 Å². The molecule has 0 amide bonds. The van der Waals surface area contributed by atoms with E-state index in [0.29, 0.717) is 12.1 Å². The van der Waals surface area contributed by atoms with Crippen molar-refractivity contribution in [1.29, 1.82) is 0 Å². The second kappa shape index (κ2) is 4.47. The summed E-state index contributed by atoms with van der Waals surface area (Å²) in [6.07, 6.45) is 4.04. The first-order valence-corrected chi connectivity index (χ1v) is 7.26. The molecular formula is C13H20N2S. The number of fused-ring (bicyclic) bond motifs is 1. The average Bonchev–Trinajstić information content (AvgIpc) is 2.76. The predicted octanol–water partition coefficient (Wildman–Crippen LogP) is 2.42. The fourth-order valence-corrected chi connectivity index (χ4v) is 4.07. The molecule has 0 radical (unpaired) electrons. The van der Waals surface area contributed by atoms with Gasteiger partial charge in [0.2, 0.25) is 0 Å². The van der Waals surface area contributed by atoms with Crippen LogP contribution in [0, 0.1) is 0 Å². The zero-order valence-corrected chi connectivity index (χ0v) is 10.7. The molecule has 0 aromatic carbocycles. The Morgan fingerprint density at radius 2 is 2.44 bits per heavy atom. The van der Waals surface area contributed by atoms with E-state index in [-0.39, 0.29) is 0 Å². The van der Waals surface area contributed by atoms with Gasteiger partial charge in [-0.3, -0.25) is 4.90 Å². The molecule has 0 spiro atoms. The van der Waals surface area contributed by atoms with E-state index in [4.69, 9.17) is 0 Å². The van der Waals surface area contributed by atoms with Crippen molar-refractivity contribution in [2.24, 2.45) is 0 Å². The Bertz CT molecular complexity index is 361. The van der Waals surface area contributed by atoms with E-state index in [1.165, 1.54) is 32.4 Å². The largest absolute Gasteiger partial charge is 0.312 e. The minimum absolute atomic E-state index is 0.651. The minimum atomic E-state index is 0.651. The number of hydrogen-bond donors (Lipinski definition) is 1. The minimum Gasteiger partial charge on any atom is -0.312 e. The van der Waals surface area contributed by atoms with Crippen LogP contribution in [-0.4, -0.2) is 30.6 Å². The lowest BCUT2D eigenvalue weighted by Gasteiger charge is -2.39. The zero-order chi connectivity index (χ0) is 11.0. The molecule has 1 N–H and O–H groups in total. The summed E-state index contributed by atoms with van der Waals surface area (Å²) in [5.41, 5.74) is 1.63. The number of piperazine rings is 1. The van der Waals surface area contributed by atoms with E-state index in [0.717, 1.165) is 6.54 Å². The first kappa shape index (κ1) is 10.8. The first-order chi connectivity index (χ1) is 7.84. The molecule has 88 valence electrons. The maximum Gasteiger partial charge on any atom is 0.0360 e. The molecular weight excluding hydrogens is 216 g/mol. The predicted molar refractivity (Wildman–Crippen MR) is 69.0 cm³/mol. The lowest BCUT2D eigenvalue weighted by Crippen LogP contribution is -2.50. The summed E-state index contributed by atoms with van der Waals surface area (Å²) in [5.74, 6) is 0. The van der Waals surface area contributed by atoms with Crippen LogP contribution in [0.3, 0.4) is 0 Å². The molecule has 0 bridgehead atoms. The molecule has 1 aliphatic carbocycles. The van der Waals surface area contributed by atoms with Gasteiger partial charge >= 0.3 is 0 Å². The summed E-state index contributed by atoms with van der Waals surface area (Å²) in [6.45, 7) is 5.87. The molecule has 16 heavy (non-hydrogen) atoms. The van der Waals surface area contributed by atoms with E-state index in [1.807, 2.05) is 11.3 Å². The van der Waals surface area contributed by atoms with Crippen LogP contribution in [0.4, 0.5) is 0 Å².